The first-order chi connectivity index (χ1) is 8.13. The van der Waals surface area contributed by atoms with Gasteiger partial charge < -0.3 is 5.32 Å². The second-order valence-corrected chi connectivity index (χ2v) is 4.12. The number of rotatable bonds is 3. The molecule has 2 rings (SSSR count). The van der Waals surface area contributed by atoms with Gasteiger partial charge in [0.1, 0.15) is 11.5 Å². The van der Waals surface area contributed by atoms with Crippen LogP contribution in [0.15, 0.2) is 37.1 Å². The number of nitrogens with zero attached hydrogens (tertiary/aromatic N) is 2. The van der Waals surface area contributed by atoms with Crippen molar-refractivity contribution in [3.63, 3.8) is 0 Å². The lowest BCUT2D eigenvalue weighted by Crippen LogP contribution is -2.11. The minimum absolute atomic E-state index is 0.224. The Hall–Kier alpha value is -2.10. The van der Waals surface area contributed by atoms with Gasteiger partial charge in [0.05, 0.1) is 5.69 Å². The number of pyridine rings is 1. The Kier molecular flexibility index (Phi) is 2.95. The molecule has 0 bridgehead atoms. The second-order valence-electron chi connectivity index (χ2n) is 4.12. The molecule has 0 aliphatic carbocycles. The molecule has 0 saturated carbocycles. The molecule has 88 valence electrons. The Morgan fingerprint density at radius 2 is 2.29 bits per heavy atom. The Balaban J connectivity index is 2.59. The number of anilines is 1. The lowest BCUT2D eigenvalue weighted by atomic mass is 10.1. The van der Waals surface area contributed by atoms with Gasteiger partial charge in [-0.3, -0.25) is 9.20 Å². The summed E-state index contributed by atoms with van der Waals surface area (Å²) in [5.41, 5.74) is 1.71. The van der Waals surface area contributed by atoms with Crippen LogP contribution < -0.4 is 5.32 Å². The van der Waals surface area contributed by atoms with E-state index in [9.17, 15) is 4.79 Å². The summed E-state index contributed by atoms with van der Waals surface area (Å²) in [6.07, 6.45) is 3.14. The summed E-state index contributed by atoms with van der Waals surface area (Å²) >= 11 is 0. The van der Waals surface area contributed by atoms with Gasteiger partial charge in [0.15, 0.2) is 0 Å². The molecular weight excluding hydrogens is 214 g/mol. The van der Waals surface area contributed by atoms with Crippen molar-refractivity contribution < 1.29 is 4.79 Å². The van der Waals surface area contributed by atoms with Crippen LogP contribution in [0.25, 0.3) is 5.65 Å². The van der Waals surface area contributed by atoms with E-state index in [0.29, 0.717) is 0 Å². The van der Waals surface area contributed by atoms with Gasteiger partial charge in [0.25, 0.3) is 0 Å². The fourth-order valence-electron chi connectivity index (χ4n) is 1.71. The normalized spacial score (nSPS) is 10.8. The highest BCUT2D eigenvalue weighted by molar-refractivity contribution is 5.99. The third-order valence-electron chi connectivity index (χ3n) is 2.53. The number of fused-ring (bicyclic) bond motifs is 1. The molecule has 0 unspecified atom stereocenters. The molecular formula is C13H15N3O. The largest absolute Gasteiger partial charge is 0.307 e. The predicted molar refractivity (Wildman–Crippen MR) is 68.1 cm³/mol. The van der Waals surface area contributed by atoms with Gasteiger partial charge in [0.2, 0.25) is 5.91 Å². The molecule has 0 spiro atoms. The van der Waals surface area contributed by atoms with Gasteiger partial charge in [-0.2, -0.15) is 0 Å². The smallest absolute Gasteiger partial charge is 0.248 e. The fourth-order valence-corrected chi connectivity index (χ4v) is 1.71. The summed E-state index contributed by atoms with van der Waals surface area (Å²) in [6.45, 7) is 7.55. The number of imidazole rings is 1. The van der Waals surface area contributed by atoms with E-state index in [2.05, 4.69) is 16.9 Å². The lowest BCUT2D eigenvalue weighted by Gasteiger charge is -2.07. The lowest BCUT2D eigenvalue weighted by molar-refractivity contribution is -0.111. The predicted octanol–water partition coefficient (Wildman–Crippen LogP) is 2.58. The maximum absolute atomic E-state index is 11.4. The molecule has 17 heavy (non-hydrogen) atoms. The van der Waals surface area contributed by atoms with Crippen LogP contribution in [0.5, 0.6) is 0 Å². The van der Waals surface area contributed by atoms with Crippen molar-refractivity contribution in [3.05, 3.63) is 42.7 Å². The maximum Gasteiger partial charge on any atom is 0.248 e. The summed E-state index contributed by atoms with van der Waals surface area (Å²) in [5, 5.41) is 2.81. The SMILES string of the molecule is C=CC(=O)Nc1c(C(C)C)nc2ccccn12. The molecule has 0 radical (unpaired) electrons. The standard InChI is InChI=1S/C13H15N3O/c1-4-11(17)15-13-12(9(2)3)14-10-7-5-6-8-16(10)13/h4-9H,1H2,2-3H3,(H,15,17). The van der Waals surface area contributed by atoms with Crippen molar-refractivity contribution in [1.29, 1.82) is 0 Å². The molecule has 0 atom stereocenters. The summed E-state index contributed by atoms with van der Waals surface area (Å²) in [4.78, 5) is 15.9. The van der Waals surface area contributed by atoms with Crippen molar-refractivity contribution in [2.45, 2.75) is 19.8 Å². The van der Waals surface area contributed by atoms with E-state index in [1.54, 1.807) is 0 Å². The van der Waals surface area contributed by atoms with Crippen molar-refractivity contribution >= 4 is 17.4 Å². The first kappa shape index (κ1) is 11.4. The molecule has 0 saturated heterocycles. The Morgan fingerprint density at radius 3 is 2.94 bits per heavy atom. The van der Waals surface area contributed by atoms with Crippen LogP contribution in [0.1, 0.15) is 25.5 Å². The Bertz CT molecular complexity index is 569. The minimum atomic E-state index is -0.224. The van der Waals surface area contributed by atoms with Crippen LogP contribution >= 0.6 is 0 Å². The van der Waals surface area contributed by atoms with Gasteiger partial charge in [-0.05, 0) is 24.1 Å². The summed E-state index contributed by atoms with van der Waals surface area (Å²) in [7, 11) is 0. The third kappa shape index (κ3) is 2.06. The van der Waals surface area contributed by atoms with E-state index in [0.717, 1.165) is 17.2 Å². The van der Waals surface area contributed by atoms with Crippen LogP contribution in [0.2, 0.25) is 0 Å². The molecule has 2 heterocycles. The van der Waals surface area contributed by atoms with Crippen LogP contribution in [0.3, 0.4) is 0 Å². The maximum atomic E-state index is 11.4. The molecule has 0 fully saturated rings. The fraction of sp³-hybridized carbons (Fsp3) is 0.231. The molecule has 0 aliphatic heterocycles. The summed E-state index contributed by atoms with van der Waals surface area (Å²) in [6, 6.07) is 5.74. The number of carbonyl (C=O) groups is 1. The quantitative estimate of drug-likeness (QED) is 0.822. The molecule has 2 aromatic heterocycles. The van der Waals surface area contributed by atoms with E-state index in [1.807, 2.05) is 42.6 Å². The van der Waals surface area contributed by atoms with E-state index in [1.165, 1.54) is 6.08 Å². The first-order valence-corrected chi connectivity index (χ1v) is 5.54. The van der Waals surface area contributed by atoms with Crippen molar-refractivity contribution in [3.8, 4) is 0 Å². The summed E-state index contributed by atoms with van der Waals surface area (Å²) in [5.74, 6) is 0.744. The zero-order valence-electron chi connectivity index (χ0n) is 9.97. The van der Waals surface area contributed by atoms with Gasteiger partial charge in [-0.25, -0.2) is 4.98 Å². The van der Waals surface area contributed by atoms with Crippen LogP contribution in [0, 0.1) is 0 Å². The number of aromatic nitrogens is 2. The number of hydrogen-bond donors (Lipinski definition) is 1. The molecule has 0 aliphatic rings. The van der Waals surface area contributed by atoms with E-state index >= 15 is 0 Å². The first-order valence-electron chi connectivity index (χ1n) is 5.54. The molecule has 1 N–H and O–H groups in total. The van der Waals surface area contributed by atoms with Crippen molar-refractivity contribution in [2.24, 2.45) is 0 Å². The molecule has 1 amide bonds. The molecule has 0 aromatic carbocycles. The van der Waals surface area contributed by atoms with E-state index < -0.39 is 0 Å². The monoisotopic (exact) mass is 229 g/mol. The number of amides is 1. The van der Waals surface area contributed by atoms with Crippen LogP contribution in [0.4, 0.5) is 5.82 Å². The Labute approximate surface area is 100.0 Å². The Morgan fingerprint density at radius 1 is 1.53 bits per heavy atom. The van der Waals surface area contributed by atoms with Crippen LogP contribution in [-0.2, 0) is 4.79 Å². The topological polar surface area (TPSA) is 46.4 Å². The van der Waals surface area contributed by atoms with E-state index in [4.69, 9.17) is 0 Å². The highest BCUT2D eigenvalue weighted by Crippen LogP contribution is 2.25. The van der Waals surface area contributed by atoms with Crippen molar-refractivity contribution in [1.82, 2.24) is 9.38 Å². The van der Waals surface area contributed by atoms with Crippen molar-refractivity contribution in [2.75, 3.05) is 5.32 Å². The second kappa shape index (κ2) is 4.41. The minimum Gasteiger partial charge on any atom is -0.307 e. The van der Waals surface area contributed by atoms with Gasteiger partial charge >= 0.3 is 0 Å². The van der Waals surface area contributed by atoms with Crippen LogP contribution in [-0.4, -0.2) is 15.3 Å². The third-order valence-corrected chi connectivity index (χ3v) is 2.53. The average molecular weight is 229 g/mol. The highest BCUT2D eigenvalue weighted by atomic mass is 16.1. The molecule has 4 heteroatoms. The van der Waals surface area contributed by atoms with Gasteiger partial charge in [0, 0.05) is 6.20 Å². The molecule has 4 nitrogen and oxygen atoms in total. The number of carbonyl (C=O) groups excluding carboxylic acids is 1. The van der Waals surface area contributed by atoms with E-state index in [-0.39, 0.29) is 11.8 Å². The average Bonchev–Trinajstić information content (AvgIpc) is 2.68. The molecule has 2 aromatic rings. The number of nitrogens with one attached hydrogen (secondary N) is 1. The van der Waals surface area contributed by atoms with Gasteiger partial charge in [-0.15, -0.1) is 0 Å². The van der Waals surface area contributed by atoms with Gasteiger partial charge in [-0.1, -0.05) is 26.5 Å². The zero-order valence-corrected chi connectivity index (χ0v) is 9.97. The zero-order chi connectivity index (χ0) is 12.4. The number of hydrogen-bond acceptors (Lipinski definition) is 2. The summed E-state index contributed by atoms with van der Waals surface area (Å²) < 4.78 is 1.87. The highest BCUT2D eigenvalue weighted by Gasteiger charge is 2.15.